The van der Waals surface area contributed by atoms with Gasteiger partial charge in [0, 0.05) is 17.8 Å². The van der Waals surface area contributed by atoms with Gasteiger partial charge < -0.3 is 16.5 Å². The molecule has 0 aliphatic heterocycles. The van der Waals surface area contributed by atoms with Crippen LogP contribution in [0.1, 0.15) is 25.0 Å². The first-order chi connectivity index (χ1) is 7.06. The first-order valence-corrected chi connectivity index (χ1v) is 4.61. The predicted molar refractivity (Wildman–Crippen MR) is 56.6 cm³/mol. The van der Waals surface area contributed by atoms with Crippen molar-refractivity contribution in [3.63, 3.8) is 0 Å². The van der Waals surface area contributed by atoms with Crippen LogP contribution in [-0.2, 0) is 4.79 Å². The number of nitrogens with one attached hydrogen (secondary N) is 1. The molecule has 80 valence electrons. The minimum Gasteiger partial charge on any atom is -0.367 e. The van der Waals surface area contributed by atoms with Crippen LogP contribution in [-0.4, -0.2) is 21.4 Å². The minimum atomic E-state index is -1.47. The van der Waals surface area contributed by atoms with Crippen LogP contribution in [0.4, 0.5) is 0 Å². The maximum absolute atomic E-state index is 11.3. The molecule has 2 unspecified atom stereocenters. The fraction of sp³-hybridized carbons (Fsp3) is 0.400. The first-order valence-electron chi connectivity index (χ1n) is 4.61. The number of imidazole rings is 1. The Hall–Kier alpha value is -1.80. The van der Waals surface area contributed by atoms with E-state index in [0.717, 1.165) is 5.69 Å². The van der Waals surface area contributed by atoms with Crippen LogP contribution in [0.3, 0.4) is 0 Å². The van der Waals surface area contributed by atoms with Gasteiger partial charge in [0.15, 0.2) is 5.54 Å². The number of terminal acetylenes is 1. The Morgan fingerprint density at radius 3 is 2.87 bits per heavy atom. The third-order valence-electron chi connectivity index (χ3n) is 2.50. The zero-order valence-electron chi connectivity index (χ0n) is 8.53. The second-order valence-corrected chi connectivity index (χ2v) is 3.35. The smallest absolute Gasteiger partial charge is 0.250 e. The molecule has 1 rings (SSSR count). The minimum absolute atomic E-state index is 0.345. The third-order valence-corrected chi connectivity index (χ3v) is 2.50. The Labute approximate surface area is 88.3 Å². The zero-order chi connectivity index (χ0) is 11.5. The van der Waals surface area contributed by atoms with Gasteiger partial charge in [0.25, 0.3) is 5.91 Å². The number of hydrogen-bond acceptors (Lipinski definition) is 3. The van der Waals surface area contributed by atoms with E-state index >= 15 is 0 Å². The molecule has 5 nitrogen and oxygen atoms in total. The van der Waals surface area contributed by atoms with Crippen LogP contribution in [0.5, 0.6) is 0 Å². The molecule has 1 heterocycles. The molecule has 0 aliphatic carbocycles. The topological polar surface area (TPSA) is 97.8 Å². The van der Waals surface area contributed by atoms with Crippen LogP contribution in [0.2, 0.25) is 0 Å². The highest BCUT2D eigenvalue weighted by Gasteiger charge is 2.39. The highest BCUT2D eigenvalue weighted by Crippen LogP contribution is 2.27. The van der Waals surface area contributed by atoms with E-state index in [2.05, 4.69) is 15.9 Å². The van der Waals surface area contributed by atoms with Gasteiger partial charge in [-0.05, 0) is 6.42 Å². The summed E-state index contributed by atoms with van der Waals surface area (Å²) in [6, 6.07) is 0. The van der Waals surface area contributed by atoms with Gasteiger partial charge in [-0.15, -0.1) is 6.42 Å². The van der Waals surface area contributed by atoms with Gasteiger partial charge in [-0.2, -0.15) is 0 Å². The molecule has 1 aromatic heterocycles. The summed E-state index contributed by atoms with van der Waals surface area (Å²) in [5.41, 5.74) is 10.3. The number of rotatable bonds is 4. The van der Waals surface area contributed by atoms with Gasteiger partial charge in [-0.3, -0.25) is 4.79 Å². The van der Waals surface area contributed by atoms with Crippen molar-refractivity contribution in [2.24, 2.45) is 11.5 Å². The fourth-order valence-corrected chi connectivity index (χ4v) is 1.59. The van der Waals surface area contributed by atoms with Crippen LogP contribution in [0, 0.1) is 12.3 Å². The van der Waals surface area contributed by atoms with Gasteiger partial charge in [-0.25, -0.2) is 4.98 Å². The summed E-state index contributed by atoms with van der Waals surface area (Å²) in [4.78, 5) is 18.0. The number of hydrogen-bond donors (Lipinski definition) is 3. The number of aromatic nitrogens is 2. The lowest BCUT2D eigenvalue weighted by molar-refractivity contribution is -0.122. The molecule has 5 heteroatoms. The van der Waals surface area contributed by atoms with Crippen LogP contribution in [0.15, 0.2) is 12.5 Å². The first kappa shape index (κ1) is 11.3. The quantitative estimate of drug-likeness (QED) is 0.591. The van der Waals surface area contributed by atoms with E-state index < -0.39 is 11.4 Å². The Morgan fingerprint density at radius 1 is 1.87 bits per heavy atom. The number of primary amides is 1. The van der Waals surface area contributed by atoms with Crippen molar-refractivity contribution in [1.29, 1.82) is 0 Å². The number of nitrogens with two attached hydrogens (primary N) is 2. The molecular formula is C10H14N4O. The molecule has 0 radical (unpaired) electrons. The average Bonchev–Trinajstić information content (AvgIpc) is 2.71. The summed E-state index contributed by atoms with van der Waals surface area (Å²) in [7, 11) is 0. The van der Waals surface area contributed by atoms with E-state index in [1.54, 1.807) is 6.20 Å². The molecule has 1 aromatic rings. The van der Waals surface area contributed by atoms with Gasteiger partial charge >= 0.3 is 0 Å². The van der Waals surface area contributed by atoms with Crippen molar-refractivity contribution in [3.8, 4) is 12.3 Å². The lowest BCUT2D eigenvalue weighted by atomic mass is 9.81. The number of amides is 1. The van der Waals surface area contributed by atoms with Gasteiger partial charge in [0.1, 0.15) is 0 Å². The molecule has 0 aromatic carbocycles. The van der Waals surface area contributed by atoms with E-state index in [9.17, 15) is 4.79 Å². The maximum atomic E-state index is 11.3. The molecule has 0 saturated carbocycles. The zero-order valence-corrected chi connectivity index (χ0v) is 8.53. The van der Waals surface area contributed by atoms with E-state index in [0.29, 0.717) is 6.42 Å². The van der Waals surface area contributed by atoms with Crippen molar-refractivity contribution < 1.29 is 4.79 Å². The van der Waals surface area contributed by atoms with Crippen molar-refractivity contribution >= 4 is 5.91 Å². The largest absolute Gasteiger partial charge is 0.367 e. The highest BCUT2D eigenvalue weighted by atomic mass is 16.1. The summed E-state index contributed by atoms with van der Waals surface area (Å²) in [5.74, 6) is 1.23. The second kappa shape index (κ2) is 4.15. The highest BCUT2D eigenvalue weighted by molar-refractivity contribution is 5.89. The van der Waals surface area contributed by atoms with Crippen LogP contribution >= 0.6 is 0 Å². The molecule has 0 aliphatic rings. The van der Waals surface area contributed by atoms with Gasteiger partial charge in [0.05, 0.1) is 6.33 Å². The van der Waals surface area contributed by atoms with Crippen molar-refractivity contribution in [2.75, 3.05) is 0 Å². The Morgan fingerprint density at radius 2 is 2.53 bits per heavy atom. The van der Waals surface area contributed by atoms with Gasteiger partial charge in [-0.1, -0.05) is 12.8 Å². The van der Waals surface area contributed by atoms with Crippen molar-refractivity contribution in [1.82, 2.24) is 9.97 Å². The molecule has 1 amide bonds. The summed E-state index contributed by atoms with van der Waals surface area (Å²) >= 11 is 0. The monoisotopic (exact) mass is 206 g/mol. The number of nitrogens with zero attached hydrogens (tertiary/aromatic N) is 1. The molecule has 2 atom stereocenters. The lowest BCUT2D eigenvalue weighted by Crippen LogP contribution is -2.55. The summed E-state index contributed by atoms with van der Waals surface area (Å²) in [5, 5.41) is 0. The number of aromatic amines is 1. The lowest BCUT2D eigenvalue weighted by Gasteiger charge is -2.28. The molecule has 0 spiro atoms. The van der Waals surface area contributed by atoms with Crippen molar-refractivity contribution in [3.05, 3.63) is 18.2 Å². The second-order valence-electron chi connectivity index (χ2n) is 3.35. The number of carbonyl (C=O) groups excluding carboxylic acids is 1. The average molecular weight is 206 g/mol. The summed E-state index contributed by atoms with van der Waals surface area (Å²) in [6.07, 6.45) is 8.99. The Bertz CT molecular complexity index is 379. The van der Waals surface area contributed by atoms with Crippen molar-refractivity contribution in [2.45, 2.75) is 24.8 Å². The molecular weight excluding hydrogens is 192 g/mol. The molecule has 5 N–H and O–H groups in total. The molecule has 15 heavy (non-hydrogen) atoms. The van der Waals surface area contributed by atoms with E-state index in [-0.39, 0.29) is 5.92 Å². The normalized spacial score (nSPS) is 16.3. The fourth-order valence-electron chi connectivity index (χ4n) is 1.59. The van der Waals surface area contributed by atoms with E-state index in [4.69, 9.17) is 17.9 Å². The molecule has 0 saturated heterocycles. The van der Waals surface area contributed by atoms with Crippen LogP contribution in [0.25, 0.3) is 0 Å². The maximum Gasteiger partial charge on any atom is 0.250 e. The standard InChI is InChI=1S/C10H14N4O/c1-3-7(8-5-13-6-14-8)10(12,4-2)9(11)15/h2,5-7H,3,12H2,1H3,(H2,11,15)(H,13,14). The summed E-state index contributed by atoms with van der Waals surface area (Å²) in [6.45, 7) is 1.88. The van der Waals surface area contributed by atoms with Gasteiger partial charge in [0.2, 0.25) is 0 Å². The Balaban J connectivity index is 3.12. The predicted octanol–water partition coefficient (Wildman–Crippen LogP) is -0.281. The SMILES string of the molecule is C#CC(N)(C(N)=O)C(CC)c1cnc[nH]1. The Kier molecular flexibility index (Phi) is 3.12. The van der Waals surface area contributed by atoms with E-state index in [1.807, 2.05) is 6.92 Å². The third kappa shape index (κ3) is 1.85. The molecule has 0 fully saturated rings. The summed E-state index contributed by atoms with van der Waals surface area (Å²) < 4.78 is 0. The number of H-pyrrole nitrogens is 1. The number of carbonyl (C=O) groups is 1. The van der Waals surface area contributed by atoms with E-state index in [1.165, 1.54) is 6.33 Å². The molecule has 0 bridgehead atoms. The van der Waals surface area contributed by atoms with Crippen LogP contribution < -0.4 is 11.5 Å².